The van der Waals surface area contributed by atoms with Gasteiger partial charge in [-0.25, -0.2) is 0 Å². The largest absolute Gasteiger partial charge is 0.378 e. The van der Waals surface area contributed by atoms with Crippen molar-refractivity contribution < 1.29 is 4.79 Å². The summed E-state index contributed by atoms with van der Waals surface area (Å²) in [6.45, 7) is 2.38. The van der Waals surface area contributed by atoms with Crippen LogP contribution in [0.5, 0.6) is 0 Å². The molecule has 1 aromatic carbocycles. The second kappa shape index (κ2) is 8.56. The molecule has 1 atom stereocenters. The predicted octanol–water partition coefficient (Wildman–Crippen LogP) is 2.70. The summed E-state index contributed by atoms with van der Waals surface area (Å²) in [6.07, 6.45) is 5.13. The molecule has 9 nitrogen and oxygen atoms in total. The fraction of sp³-hybridized carbons (Fsp3) is 0.190. The van der Waals surface area contributed by atoms with Gasteiger partial charge in [0.15, 0.2) is 5.82 Å². The molecule has 3 aromatic heterocycles. The van der Waals surface area contributed by atoms with Gasteiger partial charge in [-0.3, -0.25) is 14.5 Å². The lowest BCUT2D eigenvalue weighted by molar-refractivity contribution is 0.0938. The van der Waals surface area contributed by atoms with Crippen LogP contribution >= 0.6 is 0 Å². The highest BCUT2D eigenvalue weighted by Gasteiger charge is 2.14. The third kappa shape index (κ3) is 4.35. The smallest absolute Gasteiger partial charge is 0.251 e. The minimum absolute atomic E-state index is 0.146. The van der Waals surface area contributed by atoms with Gasteiger partial charge < -0.3 is 15.6 Å². The number of aromatic amines is 1. The molecule has 0 unspecified atom stereocenters. The van der Waals surface area contributed by atoms with Gasteiger partial charge in [0.1, 0.15) is 5.82 Å². The average Bonchev–Trinajstić information content (AvgIpc) is 3.42. The Hall–Kier alpha value is -4.01. The van der Waals surface area contributed by atoms with Crippen LogP contribution in [0.3, 0.4) is 0 Å². The summed E-state index contributed by atoms with van der Waals surface area (Å²) in [5.74, 6) is 1.24. The number of carbonyl (C=O) groups is 1. The predicted molar refractivity (Wildman–Crippen MR) is 112 cm³/mol. The summed E-state index contributed by atoms with van der Waals surface area (Å²) < 4.78 is 1.75. The van der Waals surface area contributed by atoms with Crippen molar-refractivity contribution in [3.8, 4) is 11.4 Å². The van der Waals surface area contributed by atoms with E-state index in [1.165, 1.54) is 0 Å². The SMILES string of the molecule is C[C@H](NC(=O)c1cccc(NCc2nnc(-c3ccncc3)[nH]2)c1)c1ccnn1C. The summed E-state index contributed by atoms with van der Waals surface area (Å²) in [5, 5.41) is 18.7. The molecule has 4 rings (SSSR count). The van der Waals surface area contributed by atoms with E-state index in [0.29, 0.717) is 23.8 Å². The maximum absolute atomic E-state index is 12.6. The monoisotopic (exact) mass is 402 g/mol. The Bertz CT molecular complexity index is 1130. The molecular formula is C21H22N8O. The van der Waals surface area contributed by atoms with Crippen LogP contribution in [-0.4, -0.2) is 35.9 Å². The highest BCUT2D eigenvalue weighted by Crippen LogP contribution is 2.16. The van der Waals surface area contributed by atoms with Crippen LogP contribution < -0.4 is 10.6 Å². The molecule has 9 heteroatoms. The number of hydrogen-bond donors (Lipinski definition) is 3. The number of nitrogens with one attached hydrogen (secondary N) is 3. The zero-order chi connectivity index (χ0) is 20.9. The number of aryl methyl sites for hydroxylation is 1. The van der Waals surface area contributed by atoms with Gasteiger partial charge in [0.25, 0.3) is 5.91 Å². The van der Waals surface area contributed by atoms with Crippen molar-refractivity contribution in [1.82, 2.24) is 35.3 Å². The van der Waals surface area contributed by atoms with E-state index in [-0.39, 0.29) is 11.9 Å². The zero-order valence-electron chi connectivity index (χ0n) is 16.7. The van der Waals surface area contributed by atoms with Crippen LogP contribution in [-0.2, 0) is 13.6 Å². The molecule has 0 fully saturated rings. The molecule has 0 radical (unpaired) electrons. The van der Waals surface area contributed by atoms with Crippen LogP contribution in [0.4, 0.5) is 5.69 Å². The van der Waals surface area contributed by atoms with E-state index in [1.807, 2.05) is 50.4 Å². The molecule has 0 saturated carbocycles. The van der Waals surface area contributed by atoms with Crippen LogP contribution in [0.25, 0.3) is 11.4 Å². The van der Waals surface area contributed by atoms with Crippen LogP contribution in [0.2, 0.25) is 0 Å². The Morgan fingerprint density at radius 3 is 2.73 bits per heavy atom. The summed E-state index contributed by atoms with van der Waals surface area (Å²) in [4.78, 5) is 19.8. The van der Waals surface area contributed by atoms with Gasteiger partial charge in [0, 0.05) is 42.5 Å². The standard InChI is InChI=1S/C21H22N8O/c1-14(18-8-11-24-29(18)2)25-21(30)16-4-3-5-17(12-16)23-13-19-26-20(28-27-19)15-6-9-22-10-7-15/h3-12,14,23H,13H2,1-2H3,(H,25,30)(H,26,27,28)/t14-/m0/s1. The summed E-state index contributed by atoms with van der Waals surface area (Å²) >= 11 is 0. The van der Waals surface area contributed by atoms with E-state index >= 15 is 0 Å². The number of rotatable bonds is 7. The number of carbonyl (C=O) groups excluding carboxylic acids is 1. The maximum atomic E-state index is 12.6. The van der Waals surface area contributed by atoms with Gasteiger partial charge >= 0.3 is 0 Å². The molecule has 0 aliphatic heterocycles. The molecule has 0 aliphatic carbocycles. The summed E-state index contributed by atoms with van der Waals surface area (Å²) in [7, 11) is 1.85. The fourth-order valence-corrected chi connectivity index (χ4v) is 3.14. The third-order valence-electron chi connectivity index (χ3n) is 4.72. The van der Waals surface area contributed by atoms with Crippen molar-refractivity contribution in [3.63, 3.8) is 0 Å². The van der Waals surface area contributed by atoms with Gasteiger partial charge in [-0.05, 0) is 43.3 Å². The first-order chi connectivity index (χ1) is 14.6. The molecular weight excluding hydrogens is 380 g/mol. The molecule has 4 aromatic rings. The maximum Gasteiger partial charge on any atom is 0.251 e. The number of hydrogen-bond acceptors (Lipinski definition) is 6. The van der Waals surface area contributed by atoms with Crippen molar-refractivity contribution in [2.45, 2.75) is 19.5 Å². The molecule has 3 heterocycles. The van der Waals surface area contributed by atoms with E-state index in [4.69, 9.17) is 0 Å². The Balaban J connectivity index is 1.38. The Labute approximate surface area is 173 Å². The lowest BCUT2D eigenvalue weighted by atomic mass is 10.1. The zero-order valence-corrected chi connectivity index (χ0v) is 16.7. The quantitative estimate of drug-likeness (QED) is 0.438. The molecule has 0 aliphatic rings. The number of nitrogens with zero attached hydrogens (tertiary/aromatic N) is 5. The average molecular weight is 402 g/mol. The summed E-state index contributed by atoms with van der Waals surface area (Å²) in [5.41, 5.74) is 3.25. The second-order valence-corrected chi connectivity index (χ2v) is 6.87. The van der Waals surface area contributed by atoms with Crippen molar-refractivity contribution >= 4 is 11.6 Å². The van der Waals surface area contributed by atoms with Gasteiger partial charge in [-0.15, -0.1) is 10.2 Å². The van der Waals surface area contributed by atoms with Crippen molar-refractivity contribution in [2.24, 2.45) is 7.05 Å². The molecule has 1 amide bonds. The number of anilines is 1. The van der Waals surface area contributed by atoms with Crippen LogP contribution in [0.1, 0.15) is 34.8 Å². The normalized spacial score (nSPS) is 11.8. The first kappa shape index (κ1) is 19.3. The highest BCUT2D eigenvalue weighted by molar-refractivity contribution is 5.95. The first-order valence-corrected chi connectivity index (χ1v) is 9.55. The summed E-state index contributed by atoms with van der Waals surface area (Å²) in [6, 6.07) is 12.8. The van der Waals surface area contributed by atoms with Crippen molar-refractivity contribution in [2.75, 3.05) is 5.32 Å². The Morgan fingerprint density at radius 1 is 1.13 bits per heavy atom. The van der Waals surface area contributed by atoms with Crippen LogP contribution in [0.15, 0.2) is 61.1 Å². The number of aromatic nitrogens is 6. The lowest BCUT2D eigenvalue weighted by Gasteiger charge is -2.15. The Kier molecular flexibility index (Phi) is 5.51. The Morgan fingerprint density at radius 2 is 1.97 bits per heavy atom. The van der Waals surface area contributed by atoms with Crippen LogP contribution in [0, 0.1) is 0 Å². The molecule has 30 heavy (non-hydrogen) atoms. The molecule has 0 saturated heterocycles. The number of pyridine rings is 1. The number of H-pyrrole nitrogens is 1. The third-order valence-corrected chi connectivity index (χ3v) is 4.72. The van der Waals surface area contributed by atoms with E-state index in [9.17, 15) is 4.79 Å². The molecule has 152 valence electrons. The second-order valence-electron chi connectivity index (χ2n) is 6.87. The van der Waals surface area contributed by atoms with E-state index in [1.54, 1.807) is 29.3 Å². The minimum Gasteiger partial charge on any atom is -0.378 e. The lowest BCUT2D eigenvalue weighted by Crippen LogP contribution is -2.28. The van der Waals surface area contributed by atoms with Gasteiger partial charge in [-0.1, -0.05) is 6.07 Å². The first-order valence-electron chi connectivity index (χ1n) is 9.55. The van der Waals surface area contributed by atoms with E-state index < -0.39 is 0 Å². The van der Waals surface area contributed by atoms with Gasteiger partial charge in [0.05, 0.1) is 18.3 Å². The van der Waals surface area contributed by atoms with Crippen molar-refractivity contribution in [1.29, 1.82) is 0 Å². The van der Waals surface area contributed by atoms with Gasteiger partial charge in [0.2, 0.25) is 0 Å². The van der Waals surface area contributed by atoms with E-state index in [2.05, 4.69) is 35.9 Å². The molecule has 0 bridgehead atoms. The molecule has 3 N–H and O–H groups in total. The number of benzene rings is 1. The van der Waals surface area contributed by atoms with Crippen molar-refractivity contribution in [3.05, 3.63) is 78.1 Å². The van der Waals surface area contributed by atoms with E-state index in [0.717, 1.165) is 16.9 Å². The number of amides is 1. The molecule has 0 spiro atoms. The van der Waals surface area contributed by atoms with Gasteiger partial charge in [-0.2, -0.15) is 5.10 Å². The minimum atomic E-state index is -0.151. The topological polar surface area (TPSA) is 113 Å². The highest BCUT2D eigenvalue weighted by atomic mass is 16.1. The fourth-order valence-electron chi connectivity index (χ4n) is 3.14.